The van der Waals surface area contributed by atoms with Crippen LogP contribution in [0, 0.1) is 6.92 Å². The third-order valence-electron chi connectivity index (χ3n) is 4.38. The molecule has 0 saturated carbocycles. The molecular formula is C19H24N2. The zero-order valence-corrected chi connectivity index (χ0v) is 13.0. The maximum Gasteiger partial charge on any atom is 0.0535 e. The molecule has 1 fully saturated rings. The lowest BCUT2D eigenvalue weighted by Crippen LogP contribution is -2.56. The van der Waals surface area contributed by atoms with E-state index in [4.69, 9.17) is 0 Å². The second-order valence-electron chi connectivity index (χ2n) is 6.32. The Kier molecular flexibility index (Phi) is 4.09. The Hall–Kier alpha value is -1.64. The molecule has 21 heavy (non-hydrogen) atoms. The monoisotopic (exact) mass is 280 g/mol. The van der Waals surface area contributed by atoms with Gasteiger partial charge in [0.05, 0.1) is 5.54 Å². The summed E-state index contributed by atoms with van der Waals surface area (Å²) >= 11 is 0. The second kappa shape index (κ2) is 6.00. The van der Waals surface area contributed by atoms with Gasteiger partial charge in [-0.05, 0) is 25.0 Å². The van der Waals surface area contributed by atoms with E-state index in [9.17, 15) is 0 Å². The van der Waals surface area contributed by atoms with E-state index in [0.717, 1.165) is 26.2 Å². The molecule has 0 radical (unpaired) electrons. The lowest BCUT2D eigenvalue weighted by molar-refractivity contribution is 0.136. The molecule has 1 unspecified atom stereocenters. The first-order valence-corrected chi connectivity index (χ1v) is 7.74. The summed E-state index contributed by atoms with van der Waals surface area (Å²) in [6, 6.07) is 19.6. The molecule has 0 amide bonds. The number of nitrogens with one attached hydrogen (secondary N) is 1. The topological polar surface area (TPSA) is 15.3 Å². The van der Waals surface area contributed by atoms with Gasteiger partial charge < -0.3 is 5.32 Å². The van der Waals surface area contributed by atoms with Crippen molar-refractivity contribution in [2.45, 2.75) is 25.9 Å². The van der Waals surface area contributed by atoms with E-state index in [2.05, 4.69) is 78.7 Å². The third-order valence-corrected chi connectivity index (χ3v) is 4.38. The highest BCUT2D eigenvalue weighted by atomic mass is 15.2. The van der Waals surface area contributed by atoms with E-state index in [1.165, 1.54) is 16.7 Å². The zero-order valence-electron chi connectivity index (χ0n) is 13.0. The van der Waals surface area contributed by atoms with E-state index < -0.39 is 0 Å². The number of aryl methyl sites for hydroxylation is 1. The van der Waals surface area contributed by atoms with Crippen LogP contribution in [-0.4, -0.2) is 24.5 Å². The molecule has 1 N–H and O–H groups in total. The van der Waals surface area contributed by atoms with E-state index in [1.807, 2.05) is 0 Å². The van der Waals surface area contributed by atoms with E-state index in [1.54, 1.807) is 0 Å². The van der Waals surface area contributed by atoms with Gasteiger partial charge in [0, 0.05) is 26.2 Å². The maximum atomic E-state index is 3.70. The minimum absolute atomic E-state index is 0.0450. The van der Waals surface area contributed by atoms with E-state index in [0.29, 0.717) is 0 Å². The van der Waals surface area contributed by atoms with Gasteiger partial charge in [-0.2, -0.15) is 0 Å². The smallest absolute Gasteiger partial charge is 0.0535 e. The molecule has 2 nitrogen and oxygen atoms in total. The molecule has 0 aliphatic carbocycles. The van der Waals surface area contributed by atoms with Gasteiger partial charge in [0.2, 0.25) is 0 Å². The lowest BCUT2D eigenvalue weighted by atomic mass is 9.89. The number of hydrogen-bond donors (Lipinski definition) is 1. The van der Waals surface area contributed by atoms with Gasteiger partial charge in [-0.25, -0.2) is 0 Å². The number of benzene rings is 2. The van der Waals surface area contributed by atoms with E-state index in [-0.39, 0.29) is 5.54 Å². The summed E-state index contributed by atoms with van der Waals surface area (Å²) in [6.45, 7) is 8.70. The van der Waals surface area contributed by atoms with Crippen molar-refractivity contribution in [3.8, 4) is 0 Å². The largest absolute Gasteiger partial charge is 0.305 e. The summed E-state index contributed by atoms with van der Waals surface area (Å²) in [4.78, 5) is 2.55. The summed E-state index contributed by atoms with van der Waals surface area (Å²) in [7, 11) is 0. The normalized spacial score (nSPS) is 23.1. The van der Waals surface area contributed by atoms with Gasteiger partial charge in [-0.3, -0.25) is 4.90 Å². The van der Waals surface area contributed by atoms with Crippen LogP contribution in [0.25, 0.3) is 0 Å². The van der Waals surface area contributed by atoms with Crippen molar-refractivity contribution in [1.82, 2.24) is 10.2 Å². The molecule has 1 aliphatic heterocycles. The van der Waals surface area contributed by atoms with Gasteiger partial charge in [0.15, 0.2) is 0 Å². The average Bonchev–Trinajstić information content (AvgIpc) is 2.48. The Balaban J connectivity index is 1.74. The summed E-state index contributed by atoms with van der Waals surface area (Å²) in [5.41, 5.74) is 4.17. The minimum Gasteiger partial charge on any atom is -0.305 e. The number of piperazine rings is 1. The molecule has 0 aromatic heterocycles. The van der Waals surface area contributed by atoms with Gasteiger partial charge >= 0.3 is 0 Å². The van der Waals surface area contributed by atoms with E-state index >= 15 is 0 Å². The molecule has 1 saturated heterocycles. The Morgan fingerprint density at radius 1 is 1.10 bits per heavy atom. The van der Waals surface area contributed by atoms with Crippen LogP contribution in [0.1, 0.15) is 23.6 Å². The molecule has 3 rings (SSSR count). The number of rotatable bonds is 3. The predicted octanol–water partition coefficient (Wildman–Crippen LogP) is 3.32. The Morgan fingerprint density at radius 2 is 1.90 bits per heavy atom. The van der Waals surface area contributed by atoms with Crippen molar-refractivity contribution in [1.29, 1.82) is 0 Å². The average molecular weight is 280 g/mol. The molecule has 2 aromatic rings. The zero-order chi connectivity index (χ0) is 14.7. The molecule has 2 heteroatoms. The highest BCUT2D eigenvalue weighted by Crippen LogP contribution is 2.25. The first kappa shape index (κ1) is 14.3. The highest BCUT2D eigenvalue weighted by Gasteiger charge is 2.31. The van der Waals surface area contributed by atoms with Gasteiger partial charge in [-0.1, -0.05) is 60.2 Å². The Morgan fingerprint density at radius 3 is 2.67 bits per heavy atom. The molecule has 0 bridgehead atoms. The van der Waals surface area contributed by atoms with Crippen LogP contribution in [0.3, 0.4) is 0 Å². The molecule has 1 aliphatic rings. The molecule has 0 spiro atoms. The van der Waals surface area contributed by atoms with Crippen molar-refractivity contribution in [2.24, 2.45) is 0 Å². The van der Waals surface area contributed by atoms with Gasteiger partial charge in [0.25, 0.3) is 0 Å². The molecule has 1 atom stereocenters. The fourth-order valence-corrected chi connectivity index (χ4v) is 3.28. The van der Waals surface area contributed by atoms with Crippen molar-refractivity contribution in [3.63, 3.8) is 0 Å². The number of nitrogens with zero attached hydrogens (tertiary/aromatic N) is 1. The molecule has 110 valence electrons. The fraction of sp³-hybridized carbons (Fsp3) is 0.368. The molecule has 1 heterocycles. The number of hydrogen-bond acceptors (Lipinski definition) is 2. The molecule has 2 aromatic carbocycles. The van der Waals surface area contributed by atoms with Gasteiger partial charge in [-0.15, -0.1) is 0 Å². The Bertz CT molecular complexity index is 594. The van der Waals surface area contributed by atoms with Gasteiger partial charge in [0.1, 0.15) is 0 Å². The first-order chi connectivity index (χ1) is 10.2. The predicted molar refractivity (Wildman–Crippen MR) is 88.3 cm³/mol. The highest BCUT2D eigenvalue weighted by molar-refractivity contribution is 5.26. The summed E-state index contributed by atoms with van der Waals surface area (Å²) in [5.74, 6) is 0. The first-order valence-electron chi connectivity index (χ1n) is 7.74. The SMILES string of the molecule is Cc1cccc(CN2CCNC(C)(c3ccccc3)C2)c1. The summed E-state index contributed by atoms with van der Waals surface area (Å²) < 4.78 is 0. The Labute approximate surface area is 127 Å². The summed E-state index contributed by atoms with van der Waals surface area (Å²) in [6.07, 6.45) is 0. The minimum atomic E-state index is 0.0450. The second-order valence-corrected chi connectivity index (χ2v) is 6.32. The van der Waals surface area contributed by atoms with Crippen molar-refractivity contribution < 1.29 is 0 Å². The van der Waals surface area contributed by atoms with Crippen molar-refractivity contribution in [2.75, 3.05) is 19.6 Å². The van der Waals surface area contributed by atoms with Crippen LogP contribution in [-0.2, 0) is 12.1 Å². The maximum absolute atomic E-state index is 3.70. The van der Waals surface area contributed by atoms with Crippen LogP contribution in [0.4, 0.5) is 0 Å². The van der Waals surface area contributed by atoms with Crippen molar-refractivity contribution >= 4 is 0 Å². The van der Waals surface area contributed by atoms with Crippen LogP contribution < -0.4 is 5.32 Å². The van der Waals surface area contributed by atoms with Crippen molar-refractivity contribution in [3.05, 3.63) is 71.3 Å². The standard InChI is InChI=1S/C19H24N2/c1-16-7-6-8-17(13-16)14-21-12-11-20-19(2,15-21)18-9-4-3-5-10-18/h3-10,13,20H,11-12,14-15H2,1-2H3. The fourth-order valence-electron chi connectivity index (χ4n) is 3.28. The molecular weight excluding hydrogens is 256 g/mol. The van der Waals surface area contributed by atoms with Crippen LogP contribution in [0.2, 0.25) is 0 Å². The quantitative estimate of drug-likeness (QED) is 0.928. The lowest BCUT2D eigenvalue weighted by Gasteiger charge is -2.42. The summed E-state index contributed by atoms with van der Waals surface area (Å²) in [5, 5.41) is 3.70. The van der Waals surface area contributed by atoms with Crippen LogP contribution in [0.5, 0.6) is 0 Å². The van der Waals surface area contributed by atoms with Crippen LogP contribution in [0.15, 0.2) is 54.6 Å². The third kappa shape index (κ3) is 3.34. The van der Waals surface area contributed by atoms with Crippen LogP contribution >= 0.6 is 0 Å².